The number of nitrogens with zero attached hydrogens (tertiary/aromatic N) is 1. The molecule has 1 unspecified atom stereocenters. The molecule has 0 saturated carbocycles. The van der Waals surface area contributed by atoms with E-state index in [0.29, 0.717) is 25.1 Å². The number of halogens is 5. The molecular weight excluding hydrogens is 341 g/mol. The molecule has 1 aliphatic rings. The van der Waals surface area contributed by atoms with Gasteiger partial charge in [-0.15, -0.1) is 0 Å². The second kappa shape index (κ2) is 6.03. The zero-order valence-corrected chi connectivity index (χ0v) is 12.7. The third kappa shape index (κ3) is 3.15. The Morgan fingerprint density at radius 2 is 1.96 bits per heavy atom. The Hall–Kier alpha value is -1.77. The van der Waals surface area contributed by atoms with Crippen LogP contribution >= 0.6 is 12.2 Å². The van der Waals surface area contributed by atoms with Gasteiger partial charge >= 0.3 is 18.1 Å². The van der Waals surface area contributed by atoms with Crippen LogP contribution in [-0.2, 0) is 15.5 Å². The normalized spacial score (nSPS) is 18.3. The third-order valence-electron chi connectivity index (χ3n) is 3.58. The molecule has 1 atom stereocenters. The number of thiocarbonyl (C=S) groups is 1. The second-order valence-corrected chi connectivity index (χ2v) is 5.37. The van der Waals surface area contributed by atoms with Crippen LogP contribution in [0.1, 0.15) is 17.5 Å². The van der Waals surface area contributed by atoms with Gasteiger partial charge < -0.3 is 9.64 Å². The summed E-state index contributed by atoms with van der Waals surface area (Å²) in [4.78, 5) is 13.0. The summed E-state index contributed by atoms with van der Waals surface area (Å²) in [6, 6.07) is 3.14. The average Bonchev–Trinajstić information content (AvgIpc) is 2.44. The van der Waals surface area contributed by atoms with Crippen LogP contribution < -0.4 is 0 Å². The number of hydrogen-bond donors (Lipinski definition) is 0. The summed E-state index contributed by atoms with van der Waals surface area (Å²) < 4.78 is 68.7. The van der Waals surface area contributed by atoms with E-state index in [1.54, 1.807) is 0 Å². The lowest BCUT2D eigenvalue weighted by Gasteiger charge is -2.40. The van der Waals surface area contributed by atoms with E-state index >= 15 is 0 Å². The number of rotatable bonds is 3. The van der Waals surface area contributed by atoms with Crippen molar-refractivity contribution in [2.75, 3.05) is 13.7 Å². The van der Waals surface area contributed by atoms with Crippen molar-refractivity contribution >= 4 is 23.2 Å². The Balaban J connectivity index is 2.27. The fourth-order valence-corrected chi connectivity index (χ4v) is 2.53. The zero-order valence-electron chi connectivity index (χ0n) is 11.9. The number of ether oxygens (including phenoxy) is 1. The number of esters is 1. The highest BCUT2D eigenvalue weighted by Gasteiger charge is 2.58. The van der Waals surface area contributed by atoms with Crippen LogP contribution in [0.15, 0.2) is 24.3 Å². The Morgan fingerprint density at radius 1 is 1.30 bits per heavy atom. The van der Waals surface area contributed by atoms with E-state index in [9.17, 15) is 26.7 Å². The summed E-state index contributed by atoms with van der Waals surface area (Å²) in [5.41, 5.74) is -1.17. The molecule has 23 heavy (non-hydrogen) atoms. The molecule has 1 aromatic carbocycles. The van der Waals surface area contributed by atoms with Gasteiger partial charge in [0.15, 0.2) is 0 Å². The van der Waals surface area contributed by atoms with Crippen molar-refractivity contribution in [1.82, 2.24) is 4.90 Å². The molecule has 0 spiro atoms. The lowest BCUT2D eigenvalue weighted by atomic mass is 9.99. The van der Waals surface area contributed by atoms with Crippen molar-refractivity contribution in [2.24, 2.45) is 0 Å². The summed E-state index contributed by atoms with van der Waals surface area (Å²) in [5, 5.41) is 0. The van der Waals surface area contributed by atoms with Crippen LogP contribution in [0.3, 0.4) is 0 Å². The maximum atomic E-state index is 13.4. The molecular formula is C14H12F5NO2S. The van der Waals surface area contributed by atoms with Crippen molar-refractivity contribution in [3.8, 4) is 0 Å². The molecule has 1 saturated heterocycles. The van der Waals surface area contributed by atoms with Crippen molar-refractivity contribution in [1.29, 1.82) is 0 Å². The Morgan fingerprint density at radius 3 is 2.43 bits per heavy atom. The molecule has 0 bridgehead atoms. The van der Waals surface area contributed by atoms with E-state index < -0.39 is 29.7 Å². The van der Waals surface area contributed by atoms with E-state index in [1.165, 1.54) is 18.1 Å². The monoisotopic (exact) mass is 353 g/mol. The molecule has 0 amide bonds. The van der Waals surface area contributed by atoms with Crippen molar-refractivity contribution in [3.63, 3.8) is 0 Å². The van der Waals surface area contributed by atoms with Crippen LogP contribution in [0.5, 0.6) is 0 Å². The molecule has 1 aromatic rings. The van der Waals surface area contributed by atoms with Gasteiger partial charge in [-0.2, -0.15) is 22.0 Å². The predicted octanol–water partition coefficient (Wildman–Crippen LogP) is 3.26. The maximum absolute atomic E-state index is 13.4. The third-order valence-corrected chi connectivity index (χ3v) is 4.05. The number of likely N-dealkylation sites (tertiary alicyclic amines) is 1. The van der Waals surface area contributed by atoms with Crippen molar-refractivity contribution < 1.29 is 31.5 Å². The van der Waals surface area contributed by atoms with Crippen LogP contribution in [0.25, 0.3) is 0 Å². The Bertz CT molecular complexity index is 632. The second-order valence-electron chi connectivity index (χ2n) is 4.98. The minimum atomic E-state index is -5.70. The van der Waals surface area contributed by atoms with Gasteiger partial charge in [-0.1, -0.05) is 30.4 Å². The summed E-state index contributed by atoms with van der Waals surface area (Å²) in [6.07, 6.45) is -5.22. The minimum absolute atomic E-state index is 0.0232. The Labute approximate surface area is 134 Å². The SMILES string of the molecule is COC(=O)C1CCN1C(=S)c1cccc(C(F)(F)C(F)(F)F)c1. The molecule has 0 radical (unpaired) electrons. The van der Waals surface area contributed by atoms with E-state index in [-0.39, 0.29) is 10.6 Å². The summed E-state index contributed by atoms with van der Waals surface area (Å²) in [5.74, 6) is -5.51. The van der Waals surface area contributed by atoms with Gasteiger partial charge in [-0.25, -0.2) is 4.79 Å². The lowest BCUT2D eigenvalue weighted by Crippen LogP contribution is -2.55. The van der Waals surface area contributed by atoms with Crippen LogP contribution in [-0.4, -0.2) is 41.7 Å². The molecule has 1 fully saturated rings. The van der Waals surface area contributed by atoms with E-state index in [4.69, 9.17) is 12.2 Å². The Kier molecular flexibility index (Phi) is 4.61. The number of hydrogen-bond acceptors (Lipinski definition) is 3. The standard InChI is InChI=1S/C14H12F5NO2S/c1-22-12(21)10-5-6-20(10)11(23)8-3-2-4-9(7-8)13(15,16)14(17,18)19/h2-4,7,10H,5-6H2,1H3. The number of alkyl halides is 5. The molecule has 0 N–H and O–H groups in total. The number of carbonyl (C=O) groups is 1. The van der Waals surface area contributed by atoms with Gasteiger partial charge in [0.05, 0.1) is 7.11 Å². The van der Waals surface area contributed by atoms with Crippen molar-refractivity contribution in [2.45, 2.75) is 24.6 Å². The molecule has 2 rings (SSSR count). The first-order valence-electron chi connectivity index (χ1n) is 6.53. The van der Waals surface area contributed by atoms with Crippen LogP contribution in [0.2, 0.25) is 0 Å². The zero-order chi connectivity index (χ0) is 17.4. The van der Waals surface area contributed by atoms with Gasteiger partial charge in [0, 0.05) is 17.7 Å². The first-order chi connectivity index (χ1) is 10.6. The van der Waals surface area contributed by atoms with Gasteiger partial charge in [0.2, 0.25) is 0 Å². The summed E-state index contributed by atoms with van der Waals surface area (Å²) in [7, 11) is 1.20. The fraction of sp³-hybridized carbons (Fsp3) is 0.429. The highest BCUT2D eigenvalue weighted by molar-refractivity contribution is 7.80. The quantitative estimate of drug-likeness (QED) is 0.474. The topological polar surface area (TPSA) is 29.5 Å². The maximum Gasteiger partial charge on any atom is 0.458 e. The molecule has 0 aliphatic carbocycles. The van der Waals surface area contributed by atoms with E-state index in [1.807, 2.05) is 0 Å². The van der Waals surface area contributed by atoms with E-state index in [0.717, 1.165) is 6.07 Å². The van der Waals surface area contributed by atoms with E-state index in [2.05, 4.69) is 4.74 Å². The number of carbonyl (C=O) groups excluding carboxylic acids is 1. The van der Waals surface area contributed by atoms with Crippen LogP contribution in [0, 0.1) is 0 Å². The lowest BCUT2D eigenvalue weighted by molar-refractivity contribution is -0.289. The molecule has 9 heteroatoms. The van der Waals surface area contributed by atoms with Gasteiger partial charge in [0.1, 0.15) is 11.0 Å². The van der Waals surface area contributed by atoms with Gasteiger partial charge in [0.25, 0.3) is 0 Å². The van der Waals surface area contributed by atoms with Gasteiger partial charge in [-0.05, 0) is 12.5 Å². The molecule has 126 valence electrons. The summed E-state index contributed by atoms with van der Waals surface area (Å²) >= 11 is 5.11. The molecule has 0 aromatic heterocycles. The predicted molar refractivity (Wildman–Crippen MR) is 75.2 cm³/mol. The minimum Gasteiger partial charge on any atom is -0.467 e. The molecule has 3 nitrogen and oxygen atoms in total. The first kappa shape index (κ1) is 17.6. The molecule has 1 heterocycles. The van der Waals surface area contributed by atoms with Crippen molar-refractivity contribution in [3.05, 3.63) is 35.4 Å². The number of benzene rings is 1. The smallest absolute Gasteiger partial charge is 0.458 e. The summed E-state index contributed by atoms with van der Waals surface area (Å²) in [6.45, 7) is 0.401. The first-order valence-corrected chi connectivity index (χ1v) is 6.94. The highest BCUT2D eigenvalue weighted by atomic mass is 32.1. The fourth-order valence-electron chi connectivity index (χ4n) is 2.19. The average molecular weight is 353 g/mol. The largest absolute Gasteiger partial charge is 0.467 e. The molecule has 1 aliphatic heterocycles. The van der Waals surface area contributed by atoms with Gasteiger partial charge in [-0.3, -0.25) is 0 Å². The highest BCUT2D eigenvalue weighted by Crippen LogP contribution is 2.44. The number of methoxy groups -OCH3 is 1. The van der Waals surface area contributed by atoms with Crippen LogP contribution in [0.4, 0.5) is 22.0 Å².